The number of hydrogen-bond acceptors (Lipinski definition) is 1. The van der Waals surface area contributed by atoms with Gasteiger partial charge < -0.3 is 4.74 Å². The fourth-order valence-electron chi connectivity index (χ4n) is 1.40. The van der Waals surface area contributed by atoms with Gasteiger partial charge in [-0.15, -0.1) is 0 Å². The first-order valence-corrected chi connectivity index (χ1v) is 5.47. The van der Waals surface area contributed by atoms with Crippen LogP contribution in [0.25, 0.3) is 0 Å². The molecule has 0 aliphatic carbocycles. The van der Waals surface area contributed by atoms with E-state index in [1.165, 1.54) is 12.0 Å². The van der Waals surface area contributed by atoms with Crippen LogP contribution < -0.4 is 0 Å². The maximum atomic E-state index is 5.82. The summed E-state index contributed by atoms with van der Waals surface area (Å²) < 4.78 is 4.97. The molecule has 0 aromatic heterocycles. The molecule has 1 aromatic carbocycles. The van der Waals surface area contributed by atoms with Crippen LogP contribution in [0.5, 0.6) is 0 Å². The molecule has 2 heteroatoms. The maximum Gasteiger partial charge on any atom is 0.130 e. The van der Waals surface area contributed by atoms with Crippen molar-refractivity contribution in [3.05, 3.63) is 35.9 Å². The number of alkyl halides is 1. The molecule has 78 valence electrons. The predicted octanol–water partition coefficient (Wildman–Crippen LogP) is 3.61. The average molecular weight is 213 g/mol. The summed E-state index contributed by atoms with van der Waals surface area (Å²) in [4.78, 5) is 0. The molecule has 0 spiro atoms. The molecule has 0 amide bonds. The molecule has 0 aliphatic rings. The van der Waals surface area contributed by atoms with Gasteiger partial charge in [-0.25, -0.2) is 0 Å². The van der Waals surface area contributed by atoms with Crippen molar-refractivity contribution in [2.75, 3.05) is 7.11 Å². The SMILES string of the molecule is COC(Cl)CCCCc1ccccc1. The van der Waals surface area contributed by atoms with Gasteiger partial charge in [0.15, 0.2) is 0 Å². The van der Waals surface area contributed by atoms with Crippen molar-refractivity contribution in [3.8, 4) is 0 Å². The van der Waals surface area contributed by atoms with Gasteiger partial charge >= 0.3 is 0 Å². The Hall–Kier alpha value is -0.530. The summed E-state index contributed by atoms with van der Waals surface area (Å²) in [6, 6.07) is 10.5. The monoisotopic (exact) mass is 212 g/mol. The standard InChI is InChI=1S/C12H17ClO/c1-14-12(13)10-6-5-9-11-7-3-2-4-8-11/h2-4,7-8,12H,5-6,9-10H2,1H3. The van der Waals surface area contributed by atoms with Crippen molar-refractivity contribution in [2.24, 2.45) is 0 Å². The predicted molar refractivity (Wildman–Crippen MR) is 60.6 cm³/mol. The Labute approximate surface area is 91.0 Å². The number of aryl methyl sites for hydroxylation is 1. The average Bonchev–Trinajstić information content (AvgIpc) is 2.25. The fourth-order valence-corrected chi connectivity index (χ4v) is 1.55. The summed E-state index contributed by atoms with van der Waals surface area (Å²) >= 11 is 5.82. The highest BCUT2D eigenvalue weighted by Crippen LogP contribution is 2.11. The molecule has 1 nitrogen and oxygen atoms in total. The largest absolute Gasteiger partial charge is 0.366 e. The second kappa shape index (κ2) is 6.86. The number of ether oxygens (including phenoxy) is 1. The summed E-state index contributed by atoms with van der Waals surface area (Å²) in [6.45, 7) is 0. The van der Waals surface area contributed by atoms with Crippen LogP contribution in [0.2, 0.25) is 0 Å². The number of halogens is 1. The molecule has 0 aliphatic heterocycles. The van der Waals surface area contributed by atoms with Crippen molar-refractivity contribution in [2.45, 2.75) is 31.2 Å². The van der Waals surface area contributed by atoms with Crippen LogP contribution in [0.15, 0.2) is 30.3 Å². The van der Waals surface area contributed by atoms with E-state index in [1.54, 1.807) is 7.11 Å². The quantitative estimate of drug-likeness (QED) is 0.517. The number of methoxy groups -OCH3 is 1. The van der Waals surface area contributed by atoms with E-state index in [1.807, 2.05) is 6.07 Å². The van der Waals surface area contributed by atoms with Crippen LogP contribution in [0, 0.1) is 0 Å². The molecule has 1 unspecified atom stereocenters. The zero-order valence-corrected chi connectivity index (χ0v) is 9.33. The molecule has 1 aromatic rings. The normalized spacial score (nSPS) is 12.7. The van der Waals surface area contributed by atoms with E-state index in [0.29, 0.717) is 0 Å². The first-order valence-electron chi connectivity index (χ1n) is 5.03. The maximum absolute atomic E-state index is 5.82. The van der Waals surface area contributed by atoms with Crippen molar-refractivity contribution in [3.63, 3.8) is 0 Å². The summed E-state index contributed by atoms with van der Waals surface area (Å²) in [5.74, 6) is 0. The van der Waals surface area contributed by atoms with Crippen molar-refractivity contribution >= 4 is 11.6 Å². The summed E-state index contributed by atoms with van der Waals surface area (Å²) in [5.41, 5.74) is 1.28. The zero-order chi connectivity index (χ0) is 10.2. The third-order valence-electron chi connectivity index (χ3n) is 2.25. The number of rotatable bonds is 6. The molecule has 14 heavy (non-hydrogen) atoms. The molecule has 1 rings (SSSR count). The molecule has 0 saturated carbocycles. The van der Waals surface area contributed by atoms with Crippen LogP contribution in [-0.2, 0) is 11.2 Å². The number of benzene rings is 1. The second-order valence-electron chi connectivity index (χ2n) is 3.38. The van der Waals surface area contributed by atoms with Gasteiger partial charge in [-0.3, -0.25) is 0 Å². The van der Waals surface area contributed by atoms with Crippen LogP contribution in [0.4, 0.5) is 0 Å². The van der Waals surface area contributed by atoms with Crippen LogP contribution in [-0.4, -0.2) is 12.7 Å². The Morgan fingerprint density at radius 3 is 2.57 bits per heavy atom. The third kappa shape index (κ3) is 4.64. The Morgan fingerprint density at radius 1 is 1.21 bits per heavy atom. The van der Waals surface area contributed by atoms with E-state index in [9.17, 15) is 0 Å². The smallest absolute Gasteiger partial charge is 0.130 e. The van der Waals surface area contributed by atoms with E-state index in [4.69, 9.17) is 16.3 Å². The summed E-state index contributed by atoms with van der Waals surface area (Å²) in [6.07, 6.45) is 4.37. The van der Waals surface area contributed by atoms with Crippen molar-refractivity contribution in [1.29, 1.82) is 0 Å². The van der Waals surface area contributed by atoms with Crippen molar-refractivity contribution < 1.29 is 4.74 Å². The molecule has 0 bridgehead atoms. The fraction of sp³-hybridized carbons (Fsp3) is 0.500. The van der Waals surface area contributed by atoms with Gasteiger partial charge in [0.05, 0.1) is 0 Å². The molecule has 0 fully saturated rings. The third-order valence-corrected chi connectivity index (χ3v) is 2.64. The molecular weight excluding hydrogens is 196 g/mol. The van der Waals surface area contributed by atoms with E-state index in [-0.39, 0.29) is 5.56 Å². The minimum absolute atomic E-state index is 0.120. The first kappa shape index (κ1) is 11.5. The Balaban J connectivity index is 2.10. The van der Waals surface area contributed by atoms with Crippen molar-refractivity contribution in [1.82, 2.24) is 0 Å². The van der Waals surface area contributed by atoms with Crippen LogP contribution in [0.3, 0.4) is 0 Å². The Kier molecular flexibility index (Phi) is 5.65. The summed E-state index contributed by atoms with van der Waals surface area (Å²) in [7, 11) is 1.65. The highest BCUT2D eigenvalue weighted by molar-refractivity contribution is 6.19. The molecule has 0 radical (unpaired) electrons. The minimum Gasteiger partial charge on any atom is -0.366 e. The van der Waals surface area contributed by atoms with Gasteiger partial charge in [-0.05, 0) is 31.2 Å². The Morgan fingerprint density at radius 2 is 1.93 bits per heavy atom. The van der Waals surface area contributed by atoms with Gasteiger partial charge in [0, 0.05) is 7.11 Å². The van der Waals surface area contributed by atoms with E-state index in [2.05, 4.69) is 24.3 Å². The lowest BCUT2D eigenvalue weighted by atomic mass is 10.1. The zero-order valence-electron chi connectivity index (χ0n) is 8.58. The van der Waals surface area contributed by atoms with Gasteiger partial charge in [-0.1, -0.05) is 41.9 Å². The molecule has 1 atom stereocenters. The van der Waals surface area contributed by atoms with Gasteiger partial charge in [-0.2, -0.15) is 0 Å². The number of hydrogen-bond donors (Lipinski definition) is 0. The molecular formula is C12H17ClO. The van der Waals surface area contributed by atoms with Crippen LogP contribution in [0.1, 0.15) is 24.8 Å². The highest BCUT2D eigenvalue weighted by Gasteiger charge is 2.00. The summed E-state index contributed by atoms with van der Waals surface area (Å²) in [5, 5.41) is 0. The van der Waals surface area contributed by atoms with Gasteiger partial charge in [0.1, 0.15) is 5.56 Å². The number of unbranched alkanes of at least 4 members (excludes halogenated alkanes) is 1. The van der Waals surface area contributed by atoms with Gasteiger partial charge in [0.25, 0.3) is 0 Å². The first-order chi connectivity index (χ1) is 6.83. The highest BCUT2D eigenvalue weighted by atomic mass is 35.5. The lowest BCUT2D eigenvalue weighted by molar-refractivity contribution is 0.157. The van der Waals surface area contributed by atoms with Crippen LogP contribution >= 0.6 is 11.6 Å². The van der Waals surface area contributed by atoms with E-state index in [0.717, 1.165) is 19.3 Å². The molecule has 0 heterocycles. The topological polar surface area (TPSA) is 9.23 Å². The van der Waals surface area contributed by atoms with E-state index >= 15 is 0 Å². The second-order valence-corrected chi connectivity index (χ2v) is 3.86. The Bertz CT molecular complexity index is 235. The molecule has 0 saturated heterocycles. The lowest BCUT2D eigenvalue weighted by Gasteiger charge is -2.06. The minimum atomic E-state index is -0.120. The van der Waals surface area contributed by atoms with E-state index < -0.39 is 0 Å². The lowest BCUT2D eigenvalue weighted by Crippen LogP contribution is -2.00. The molecule has 0 N–H and O–H groups in total. The van der Waals surface area contributed by atoms with Gasteiger partial charge in [0.2, 0.25) is 0 Å².